The van der Waals surface area contributed by atoms with Crippen LogP contribution in [0.15, 0.2) is 0 Å². The van der Waals surface area contributed by atoms with Crippen molar-refractivity contribution in [3.8, 4) is 0 Å². The molecule has 9 heteroatoms. The number of nitrogens with one attached hydrogen (secondary N) is 1. The summed E-state index contributed by atoms with van der Waals surface area (Å²) >= 11 is 0. The zero-order valence-electron chi connectivity index (χ0n) is 14.4. The fourth-order valence-electron chi connectivity index (χ4n) is 3.47. The lowest BCUT2D eigenvalue weighted by atomic mass is 9.92. The summed E-state index contributed by atoms with van der Waals surface area (Å²) in [6.45, 7) is 1.45. The quantitative estimate of drug-likeness (QED) is 0.305. The molecule has 2 fully saturated rings. The molecule has 0 aliphatic carbocycles. The predicted octanol–water partition coefficient (Wildman–Crippen LogP) is -1.43. The smallest absolute Gasteiger partial charge is 0.364 e. The number of aliphatic hydroxyl groups excluding tert-OH is 4. The second-order valence-electron chi connectivity index (χ2n) is 6.84. The average molecular weight is 363 g/mol. The van der Waals surface area contributed by atoms with E-state index in [-0.39, 0.29) is 12.6 Å². The number of carboxylic acid groups (broad SMARTS) is 1. The van der Waals surface area contributed by atoms with Gasteiger partial charge in [-0.2, -0.15) is 0 Å². The van der Waals surface area contributed by atoms with Crippen LogP contribution in [0.1, 0.15) is 39.0 Å². The number of ether oxygens (including phenoxy) is 2. The largest absolute Gasteiger partial charge is 0.477 e. The van der Waals surface area contributed by atoms with Crippen LogP contribution in [0, 0.1) is 0 Å². The van der Waals surface area contributed by atoms with E-state index in [0.29, 0.717) is 12.5 Å². The molecule has 0 bridgehead atoms. The molecular weight excluding hydrogens is 334 g/mol. The van der Waals surface area contributed by atoms with Gasteiger partial charge in [0, 0.05) is 18.5 Å². The van der Waals surface area contributed by atoms with Crippen LogP contribution < -0.4 is 5.32 Å². The van der Waals surface area contributed by atoms with Crippen LogP contribution in [0.5, 0.6) is 0 Å². The summed E-state index contributed by atoms with van der Waals surface area (Å²) in [5.74, 6) is -3.61. The van der Waals surface area contributed by atoms with Crippen LogP contribution in [0.2, 0.25) is 0 Å². The minimum atomic E-state index is -2.16. The maximum absolute atomic E-state index is 11.7. The monoisotopic (exact) mass is 363 g/mol. The van der Waals surface area contributed by atoms with Crippen molar-refractivity contribution in [2.75, 3.05) is 13.2 Å². The van der Waals surface area contributed by atoms with E-state index in [1.165, 1.54) is 0 Å². The van der Waals surface area contributed by atoms with Crippen molar-refractivity contribution >= 4 is 5.97 Å². The van der Waals surface area contributed by atoms with E-state index in [9.17, 15) is 25.2 Å². The number of aliphatic carboxylic acids is 1. The van der Waals surface area contributed by atoms with E-state index in [1.54, 1.807) is 0 Å². The Morgan fingerprint density at radius 3 is 2.60 bits per heavy atom. The molecule has 2 heterocycles. The van der Waals surface area contributed by atoms with Gasteiger partial charge in [0.05, 0.1) is 19.3 Å². The molecule has 2 rings (SSSR count). The lowest BCUT2D eigenvalue weighted by molar-refractivity contribution is -0.323. The molecule has 0 radical (unpaired) electrons. The maximum Gasteiger partial charge on any atom is 0.364 e. The Morgan fingerprint density at radius 2 is 2.04 bits per heavy atom. The van der Waals surface area contributed by atoms with Crippen LogP contribution in [0.3, 0.4) is 0 Å². The first kappa shape index (κ1) is 20.5. The first-order valence-electron chi connectivity index (χ1n) is 8.79. The van der Waals surface area contributed by atoms with Crippen molar-refractivity contribution in [1.29, 1.82) is 0 Å². The van der Waals surface area contributed by atoms with E-state index in [1.807, 2.05) is 0 Å². The van der Waals surface area contributed by atoms with Crippen molar-refractivity contribution in [1.82, 2.24) is 5.32 Å². The highest BCUT2D eigenvalue weighted by atomic mass is 16.7. The highest BCUT2D eigenvalue weighted by Crippen LogP contribution is 2.33. The summed E-state index contributed by atoms with van der Waals surface area (Å²) in [6, 6.07) is 0.694. The third-order valence-electron chi connectivity index (χ3n) is 5.06. The molecule has 0 amide bonds. The molecule has 0 spiro atoms. The summed E-state index contributed by atoms with van der Waals surface area (Å²) in [5, 5.41) is 51.6. The van der Waals surface area contributed by atoms with Gasteiger partial charge in [-0.25, -0.2) is 4.79 Å². The molecule has 0 aromatic rings. The molecule has 7 atom stereocenters. The first-order valence-corrected chi connectivity index (χ1v) is 8.79. The number of carbonyl (C=O) groups is 1. The fourth-order valence-corrected chi connectivity index (χ4v) is 3.47. The summed E-state index contributed by atoms with van der Waals surface area (Å²) in [5.41, 5.74) is 0. The lowest BCUT2D eigenvalue weighted by Gasteiger charge is -2.43. The summed E-state index contributed by atoms with van der Waals surface area (Å²) in [6.07, 6.45) is -2.76. The molecule has 2 saturated heterocycles. The van der Waals surface area contributed by atoms with Crippen LogP contribution in [-0.4, -0.2) is 87.0 Å². The molecule has 2 aliphatic heterocycles. The third kappa shape index (κ3) is 4.68. The maximum atomic E-state index is 11.7. The molecule has 9 nitrogen and oxygen atoms in total. The number of carboxylic acids is 1. The topological polar surface area (TPSA) is 149 Å². The fraction of sp³-hybridized carbons (Fsp3) is 0.938. The van der Waals surface area contributed by atoms with Crippen LogP contribution >= 0.6 is 0 Å². The van der Waals surface area contributed by atoms with Gasteiger partial charge in [-0.05, 0) is 25.7 Å². The minimum absolute atomic E-state index is 0.0884. The molecule has 2 aliphatic rings. The Labute approximate surface area is 146 Å². The van der Waals surface area contributed by atoms with Gasteiger partial charge in [-0.3, -0.25) is 0 Å². The lowest BCUT2D eigenvalue weighted by Crippen LogP contribution is -2.62. The highest BCUT2D eigenvalue weighted by Gasteiger charge is 2.54. The van der Waals surface area contributed by atoms with Crippen molar-refractivity contribution in [3.05, 3.63) is 0 Å². The SMILES string of the molecule is CCC1CCC(CCO[C@]2(C(=O)O)C[C@@H](O)[C@@H](O)C([C@H](O)CO)O2)N1. The Morgan fingerprint density at radius 1 is 1.36 bits per heavy atom. The number of hydrogen-bond donors (Lipinski definition) is 6. The molecule has 3 unspecified atom stereocenters. The van der Waals surface area contributed by atoms with E-state index in [4.69, 9.17) is 14.6 Å². The van der Waals surface area contributed by atoms with E-state index < -0.39 is 49.2 Å². The third-order valence-corrected chi connectivity index (χ3v) is 5.06. The molecule has 0 saturated carbocycles. The van der Waals surface area contributed by atoms with Gasteiger partial charge in [0.25, 0.3) is 5.79 Å². The van der Waals surface area contributed by atoms with Gasteiger partial charge in [-0.1, -0.05) is 6.92 Å². The normalized spacial score (nSPS) is 40.1. The van der Waals surface area contributed by atoms with Gasteiger partial charge in [-0.15, -0.1) is 0 Å². The average Bonchev–Trinajstić information content (AvgIpc) is 3.05. The van der Waals surface area contributed by atoms with Crippen molar-refractivity contribution < 1.29 is 39.8 Å². The van der Waals surface area contributed by atoms with E-state index in [0.717, 1.165) is 19.3 Å². The van der Waals surface area contributed by atoms with Crippen molar-refractivity contribution in [2.45, 2.75) is 81.3 Å². The molecular formula is C16H29NO8. The van der Waals surface area contributed by atoms with Gasteiger partial charge >= 0.3 is 5.97 Å². The Hall–Kier alpha value is -0.810. The molecule has 25 heavy (non-hydrogen) atoms. The molecule has 0 aromatic carbocycles. The molecule has 146 valence electrons. The van der Waals surface area contributed by atoms with E-state index in [2.05, 4.69) is 12.2 Å². The highest BCUT2D eigenvalue weighted by molar-refractivity contribution is 5.76. The van der Waals surface area contributed by atoms with Crippen LogP contribution in [0.4, 0.5) is 0 Å². The van der Waals surface area contributed by atoms with Crippen LogP contribution in [-0.2, 0) is 14.3 Å². The molecule has 0 aromatic heterocycles. The minimum Gasteiger partial charge on any atom is -0.477 e. The van der Waals surface area contributed by atoms with Gasteiger partial charge in [0.2, 0.25) is 0 Å². The Bertz CT molecular complexity index is 450. The van der Waals surface area contributed by atoms with Gasteiger partial charge < -0.3 is 40.3 Å². The predicted molar refractivity (Wildman–Crippen MR) is 85.8 cm³/mol. The number of hydrogen-bond acceptors (Lipinski definition) is 8. The van der Waals surface area contributed by atoms with Crippen LogP contribution in [0.25, 0.3) is 0 Å². The zero-order valence-corrected chi connectivity index (χ0v) is 14.4. The van der Waals surface area contributed by atoms with Gasteiger partial charge in [0.15, 0.2) is 0 Å². The standard InChI is InChI=1S/C16H29NO8/c1-2-9-3-4-10(17-9)5-6-24-16(15(22)23)7-11(19)13(21)14(25-16)12(20)8-18/h9-14,17-21H,2-8H2,1H3,(H,22,23)/t9?,10?,11-,12-,13-,14?,16-/m1/s1. The van der Waals surface area contributed by atoms with E-state index >= 15 is 0 Å². The second-order valence-corrected chi connectivity index (χ2v) is 6.84. The summed E-state index contributed by atoms with van der Waals surface area (Å²) in [7, 11) is 0. The Kier molecular flexibility index (Phi) is 7.15. The summed E-state index contributed by atoms with van der Waals surface area (Å²) in [4.78, 5) is 11.7. The first-order chi connectivity index (χ1) is 11.8. The summed E-state index contributed by atoms with van der Waals surface area (Å²) < 4.78 is 10.8. The van der Waals surface area contributed by atoms with Gasteiger partial charge in [0.1, 0.15) is 18.3 Å². The second kappa shape index (κ2) is 8.72. The Balaban J connectivity index is 1.98. The molecule has 6 N–H and O–H groups in total. The van der Waals surface area contributed by atoms with Crippen molar-refractivity contribution in [2.24, 2.45) is 0 Å². The zero-order chi connectivity index (χ0) is 18.6. The number of aliphatic hydroxyl groups is 4. The van der Waals surface area contributed by atoms with Crippen molar-refractivity contribution in [3.63, 3.8) is 0 Å². The number of rotatable bonds is 8.